The van der Waals surface area contributed by atoms with Crippen LogP contribution in [0.1, 0.15) is 42.6 Å². The first-order valence-corrected chi connectivity index (χ1v) is 17.7. The molecule has 0 radical (unpaired) electrons. The van der Waals surface area contributed by atoms with Gasteiger partial charge in [0.15, 0.2) is 0 Å². The van der Waals surface area contributed by atoms with Crippen molar-refractivity contribution < 1.29 is 28.2 Å². The Bertz CT molecular complexity index is 2060. The first kappa shape index (κ1) is 34.0. The summed E-state index contributed by atoms with van der Waals surface area (Å²) in [7, 11) is 3.15. The summed E-state index contributed by atoms with van der Waals surface area (Å²) in [5, 5.41) is 3.14. The molecule has 3 fully saturated rings. The molecule has 0 saturated carbocycles. The topological polar surface area (TPSA) is 122 Å². The van der Waals surface area contributed by atoms with Gasteiger partial charge in [-0.3, -0.25) is 24.4 Å². The van der Waals surface area contributed by atoms with E-state index in [1.54, 1.807) is 45.5 Å². The number of nitrogens with one attached hydrogen (secondary N) is 1. The summed E-state index contributed by atoms with van der Waals surface area (Å²) >= 11 is 0. The van der Waals surface area contributed by atoms with Gasteiger partial charge in [-0.1, -0.05) is 30.3 Å². The van der Waals surface area contributed by atoms with Crippen LogP contribution in [0.5, 0.6) is 17.5 Å². The number of benzene rings is 2. The number of piperazine rings is 1. The molecule has 4 aromatic rings. The second kappa shape index (κ2) is 13.4. The second-order valence-corrected chi connectivity index (χ2v) is 14.1. The van der Waals surface area contributed by atoms with Crippen LogP contribution < -0.4 is 19.5 Å². The van der Waals surface area contributed by atoms with Gasteiger partial charge in [-0.2, -0.15) is 0 Å². The largest absolute Gasteiger partial charge is 0.491 e. The number of hydrogen-bond donors (Lipinski definition) is 1. The van der Waals surface area contributed by atoms with Crippen molar-refractivity contribution in [2.24, 2.45) is 0 Å². The van der Waals surface area contributed by atoms with E-state index in [0.29, 0.717) is 72.7 Å². The molecule has 1 spiro atoms. The van der Waals surface area contributed by atoms with Crippen LogP contribution in [-0.4, -0.2) is 107 Å². The fraction of sp³-hybridized carbons (Fsp3) is 0.410. The first-order valence-electron chi connectivity index (χ1n) is 17.7. The van der Waals surface area contributed by atoms with E-state index in [9.17, 15) is 9.59 Å². The van der Waals surface area contributed by atoms with Gasteiger partial charge in [0.25, 0.3) is 0 Å². The molecule has 2 amide bonds. The lowest BCUT2D eigenvalue weighted by Crippen LogP contribution is -2.67. The highest BCUT2D eigenvalue weighted by Gasteiger charge is 2.51. The molecule has 4 aliphatic rings. The van der Waals surface area contributed by atoms with E-state index in [1.807, 2.05) is 36.1 Å². The van der Waals surface area contributed by atoms with E-state index in [1.165, 1.54) is 0 Å². The van der Waals surface area contributed by atoms with Crippen molar-refractivity contribution in [3.05, 3.63) is 71.3 Å². The lowest BCUT2D eigenvalue weighted by Gasteiger charge is -2.50. The van der Waals surface area contributed by atoms with Gasteiger partial charge in [-0.05, 0) is 30.5 Å². The lowest BCUT2D eigenvalue weighted by molar-refractivity contribution is -0.130. The maximum Gasteiger partial charge on any atom is 0.237 e. The highest BCUT2D eigenvalue weighted by atomic mass is 19.1. The molecule has 2 aromatic carbocycles. The molecule has 12 nitrogen and oxygen atoms in total. The third-order valence-corrected chi connectivity index (χ3v) is 11.0. The number of aromatic nitrogens is 3. The van der Waals surface area contributed by atoms with Gasteiger partial charge in [-0.15, -0.1) is 0 Å². The number of nitrogens with zero attached hydrogens (tertiary/aromatic N) is 6. The fourth-order valence-electron chi connectivity index (χ4n) is 8.11. The summed E-state index contributed by atoms with van der Waals surface area (Å²) in [6.45, 7) is 8.90. The van der Waals surface area contributed by atoms with Crippen LogP contribution >= 0.6 is 0 Å². The molecule has 0 aliphatic carbocycles. The van der Waals surface area contributed by atoms with Crippen molar-refractivity contribution >= 4 is 11.8 Å². The molecule has 270 valence electrons. The Morgan fingerprint density at radius 3 is 2.37 bits per heavy atom. The maximum atomic E-state index is 16.6. The number of amides is 2. The van der Waals surface area contributed by atoms with E-state index >= 15 is 4.39 Å². The highest BCUT2D eigenvalue weighted by molar-refractivity contribution is 5.81. The predicted octanol–water partition coefficient (Wildman–Crippen LogP) is 4.40. The minimum atomic E-state index is -0.405. The number of fused-ring (bicyclic) bond motifs is 1. The molecule has 1 N–H and O–H groups in total. The lowest BCUT2D eigenvalue weighted by atomic mass is 9.86. The number of pyridine rings is 1. The Hall–Kier alpha value is -5.14. The van der Waals surface area contributed by atoms with E-state index < -0.39 is 5.82 Å². The third-order valence-electron chi connectivity index (χ3n) is 11.0. The van der Waals surface area contributed by atoms with E-state index in [2.05, 4.69) is 15.1 Å². The minimum Gasteiger partial charge on any atom is -0.491 e. The van der Waals surface area contributed by atoms with Crippen molar-refractivity contribution in [3.63, 3.8) is 0 Å². The summed E-state index contributed by atoms with van der Waals surface area (Å²) in [6, 6.07) is 12.8. The summed E-state index contributed by atoms with van der Waals surface area (Å²) in [4.78, 5) is 44.4. The maximum absolute atomic E-state index is 16.6. The van der Waals surface area contributed by atoms with Crippen molar-refractivity contribution in [1.82, 2.24) is 35.0 Å². The Labute approximate surface area is 301 Å². The molecule has 3 saturated heterocycles. The third kappa shape index (κ3) is 6.01. The van der Waals surface area contributed by atoms with Gasteiger partial charge in [0.1, 0.15) is 23.9 Å². The Morgan fingerprint density at radius 1 is 0.981 bits per heavy atom. The Kier molecular flexibility index (Phi) is 8.78. The molecular formula is C39H42FN7O5. The van der Waals surface area contributed by atoms with Gasteiger partial charge in [0, 0.05) is 81.9 Å². The molecular weight excluding hydrogens is 665 g/mol. The molecule has 2 aromatic heterocycles. The summed E-state index contributed by atoms with van der Waals surface area (Å²) in [6.07, 6.45) is 3.14. The highest BCUT2D eigenvalue weighted by Crippen LogP contribution is 2.47. The zero-order valence-electron chi connectivity index (χ0n) is 29.9. The zero-order chi connectivity index (χ0) is 36.1. The number of likely N-dealkylation sites (tertiary alicyclic amines) is 1. The number of ether oxygens (including phenoxy) is 3. The molecule has 0 bridgehead atoms. The van der Waals surface area contributed by atoms with Crippen LogP contribution in [0.3, 0.4) is 0 Å². The van der Waals surface area contributed by atoms with E-state index in [-0.39, 0.29) is 23.4 Å². The summed E-state index contributed by atoms with van der Waals surface area (Å²) in [5.74, 6) is 1.26. The van der Waals surface area contributed by atoms with Crippen molar-refractivity contribution in [3.8, 4) is 51.2 Å². The zero-order valence-corrected chi connectivity index (χ0v) is 29.9. The molecule has 1 unspecified atom stereocenters. The molecule has 8 rings (SSSR count). The van der Waals surface area contributed by atoms with Crippen molar-refractivity contribution in [2.75, 3.05) is 60.1 Å². The van der Waals surface area contributed by atoms with Crippen molar-refractivity contribution in [1.29, 1.82) is 0 Å². The van der Waals surface area contributed by atoms with Crippen LogP contribution in [0.15, 0.2) is 48.7 Å². The van der Waals surface area contributed by atoms with Gasteiger partial charge < -0.3 is 24.4 Å². The monoisotopic (exact) mass is 707 g/mol. The quantitative estimate of drug-likeness (QED) is 0.282. The van der Waals surface area contributed by atoms with E-state index in [4.69, 9.17) is 29.2 Å². The number of rotatable bonds is 8. The Morgan fingerprint density at radius 2 is 1.67 bits per heavy atom. The van der Waals surface area contributed by atoms with Crippen molar-refractivity contribution in [2.45, 2.75) is 44.8 Å². The smallest absolute Gasteiger partial charge is 0.237 e. The molecule has 4 aliphatic heterocycles. The van der Waals surface area contributed by atoms with Gasteiger partial charge >= 0.3 is 0 Å². The SMILES string of the molecule is COc1nc(-c2cccc(-c3cccc(-c4cc5c(c(OC)n4)C(N4CC6(CCC(=O)N6)C4)CO5)c3F)c2C)cnc1CN1CCN(C(C)=O)CC1. The van der Waals surface area contributed by atoms with Crippen LogP contribution in [0.25, 0.3) is 33.6 Å². The standard InChI is InChI=1S/C39H42FN7O5/c1-23-25(7-5-8-26(23)30-18-41-31(37(43-30)50-3)19-45-13-15-46(16-14-45)24(2)48)27-9-6-10-28(36(27)40)29-17-33-35(38(42-29)51-4)32(20-52-33)47-21-39(22-47)12-11-34(49)44-39/h5-10,17-18,32H,11-16,19-22H2,1-4H3,(H,44,49). The average molecular weight is 708 g/mol. The molecule has 52 heavy (non-hydrogen) atoms. The fourth-order valence-corrected chi connectivity index (χ4v) is 8.11. The number of carbonyl (C=O) groups excluding carboxylic acids is 2. The predicted molar refractivity (Wildman–Crippen MR) is 191 cm³/mol. The number of hydrogen-bond acceptors (Lipinski definition) is 10. The Balaban J connectivity index is 1.05. The second-order valence-electron chi connectivity index (χ2n) is 14.1. The van der Waals surface area contributed by atoms with Crippen LogP contribution in [0.4, 0.5) is 4.39 Å². The number of halogens is 1. The normalized spacial score (nSPS) is 19.6. The van der Waals surface area contributed by atoms with Gasteiger partial charge in [0.2, 0.25) is 23.6 Å². The van der Waals surface area contributed by atoms with Crippen LogP contribution in [0.2, 0.25) is 0 Å². The average Bonchev–Trinajstić information content (AvgIpc) is 3.75. The van der Waals surface area contributed by atoms with Crippen LogP contribution in [-0.2, 0) is 16.1 Å². The summed E-state index contributed by atoms with van der Waals surface area (Å²) < 4.78 is 34.2. The number of carbonyl (C=O) groups is 2. The van der Waals surface area contributed by atoms with Gasteiger partial charge in [0.05, 0.1) is 48.9 Å². The number of methoxy groups -OCH3 is 2. The first-order chi connectivity index (χ1) is 25.2. The van der Waals surface area contributed by atoms with E-state index in [0.717, 1.165) is 60.5 Å². The minimum absolute atomic E-state index is 0.0598. The summed E-state index contributed by atoms with van der Waals surface area (Å²) in [5.41, 5.74) is 5.61. The van der Waals surface area contributed by atoms with Gasteiger partial charge in [-0.25, -0.2) is 14.4 Å². The molecule has 13 heteroatoms. The molecule has 1 atom stereocenters. The van der Waals surface area contributed by atoms with Crippen LogP contribution in [0, 0.1) is 12.7 Å². The molecule has 6 heterocycles.